The minimum absolute atomic E-state index is 0.271. The molecular weight excluding hydrogens is 298 g/mol. The zero-order chi connectivity index (χ0) is 15.5. The van der Waals surface area contributed by atoms with Gasteiger partial charge in [-0.3, -0.25) is 4.98 Å². The lowest BCUT2D eigenvalue weighted by molar-refractivity contribution is 0.0702. The molecule has 0 spiro atoms. The molecule has 0 aliphatic rings. The lowest BCUT2D eigenvalue weighted by Crippen LogP contribution is -1.92. The summed E-state index contributed by atoms with van der Waals surface area (Å²) < 4.78 is 6.76. The summed E-state index contributed by atoms with van der Waals surface area (Å²) in [4.78, 5) is 15.5. The molecule has 2 aromatic heterocycles. The second-order valence-electron chi connectivity index (χ2n) is 4.67. The van der Waals surface area contributed by atoms with Gasteiger partial charge >= 0.3 is 5.97 Å². The number of rotatable bonds is 5. The van der Waals surface area contributed by atoms with Gasteiger partial charge in [-0.25, -0.2) is 4.79 Å². The number of ether oxygens (including phenoxy) is 1. The van der Waals surface area contributed by atoms with Gasteiger partial charge in [0.2, 0.25) is 0 Å². The number of para-hydroxylation sites is 1. The number of pyridine rings is 1. The summed E-state index contributed by atoms with van der Waals surface area (Å²) in [5.41, 5.74) is 1.02. The molecule has 0 bridgehead atoms. The molecule has 0 aliphatic heterocycles. The molecule has 1 aromatic carbocycles. The first-order chi connectivity index (χ1) is 10.7. The molecule has 3 aromatic rings. The molecule has 0 saturated heterocycles. The summed E-state index contributed by atoms with van der Waals surface area (Å²) in [6, 6.07) is 9.31. The van der Waals surface area contributed by atoms with Crippen LogP contribution in [0.15, 0.2) is 55.4 Å². The van der Waals surface area contributed by atoms with Crippen molar-refractivity contribution in [1.82, 2.24) is 4.98 Å². The van der Waals surface area contributed by atoms with E-state index in [2.05, 4.69) is 11.6 Å². The number of nitrogens with zero attached hydrogens (tertiary/aromatic N) is 1. The number of hydrogen-bond acceptors (Lipinski definition) is 4. The van der Waals surface area contributed by atoms with E-state index in [1.807, 2.05) is 30.3 Å². The van der Waals surface area contributed by atoms with E-state index in [1.165, 1.54) is 11.3 Å². The average Bonchev–Trinajstić information content (AvgIpc) is 2.95. The Balaban J connectivity index is 2.04. The first kappa shape index (κ1) is 14.3. The van der Waals surface area contributed by atoms with E-state index < -0.39 is 5.97 Å². The third kappa shape index (κ3) is 2.71. The molecule has 0 amide bonds. The van der Waals surface area contributed by atoms with Gasteiger partial charge in [0.25, 0.3) is 0 Å². The molecule has 22 heavy (non-hydrogen) atoms. The molecule has 0 atom stereocenters. The van der Waals surface area contributed by atoms with E-state index >= 15 is 0 Å². The van der Waals surface area contributed by atoms with Gasteiger partial charge in [-0.2, -0.15) is 0 Å². The molecular formula is C17H13NO3S. The molecule has 0 saturated carbocycles. The molecule has 5 heteroatoms. The SMILES string of the molecule is C=CCc1ccccc1Oc1cncc2sc(C(=O)O)cc12. The highest BCUT2D eigenvalue weighted by molar-refractivity contribution is 7.20. The lowest BCUT2D eigenvalue weighted by atomic mass is 10.1. The van der Waals surface area contributed by atoms with Crippen LogP contribution >= 0.6 is 11.3 Å². The van der Waals surface area contributed by atoms with E-state index in [1.54, 1.807) is 18.5 Å². The summed E-state index contributed by atoms with van der Waals surface area (Å²) in [5.74, 6) is 0.330. The topological polar surface area (TPSA) is 59.4 Å². The van der Waals surface area contributed by atoms with Gasteiger partial charge in [0.1, 0.15) is 10.6 Å². The molecule has 0 unspecified atom stereocenters. The van der Waals surface area contributed by atoms with Gasteiger partial charge in [0.15, 0.2) is 5.75 Å². The Morgan fingerprint density at radius 2 is 2.14 bits per heavy atom. The molecule has 1 N–H and O–H groups in total. The van der Waals surface area contributed by atoms with Crippen LogP contribution < -0.4 is 4.74 Å². The first-order valence-electron chi connectivity index (χ1n) is 6.66. The fraction of sp³-hybridized carbons (Fsp3) is 0.0588. The Morgan fingerprint density at radius 1 is 1.32 bits per heavy atom. The van der Waals surface area contributed by atoms with E-state index in [0.717, 1.165) is 21.4 Å². The fourth-order valence-corrected chi connectivity index (χ4v) is 3.05. The van der Waals surface area contributed by atoms with Crippen LogP contribution in [-0.4, -0.2) is 16.1 Å². The molecule has 2 heterocycles. The zero-order valence-electron chi connectivity index (χ0n) is 11.7. The van der Waals surface area contributed by atoms with E-state index in [4.69, 9.17) is 9.84 Å². The van der Waals surface area contributed by atoms with Crippen molar-refractivity contribution in [2.24, 2.45) is 0 Å². The van der Waals surface area contributed by atoms with Crippen molar-refractivity contribution in [3.05, 3.63) is 65.8 Å². The molecule has 0 aliphatic carbocycles. The van der Waals surface area contributed by atoms with Crippen molar-refractivity contribution >= 4 is 27.4 Å². The van der Waals surface area contributed by atoms with E-state index in [0.29, 0.717) is 12.2 Å². The van der Waals surface area contributed by atoms with Crippen LogP contribution in [0.25, 0.3) is 10.1 Å². The molecule has 4 nitrogen and oxygen atoms in total. The lowest BCUT2D eigenvalue weighted by Gasteiger charge is -2.10. The highest BCUT2D eigenvalue weighted by Crippen LogP contribution is 2.35. The number of fused-ring (bicyclic) bond motifs is 1. The predicted octanol–water partition coefficient (Wildman–Crippen LogP) is 4.52. The van der Waals surface area contributed by atoms with Crippen LogP contribution in [-0.2, 0) is 6.42 Å². The van der Waals surface area contributed by atoms with Crippen molar-refractivity contribution < 1.29 is 14.6 Å². The zero-order valence-corrected chi connectivity index (χ0v) is 12.5. The van der Waals surface area contributed by atoms with E-state index in [-0.39, 0.29) is 4.88 Å². The van der Waals surface area contributed by atoms with E-state index in [9.17, 15) is 4.79 Å². The number of thiophene rings is 1. The maximum absolute atomic E-state index is 11.1. The first-order valence-corrected chi connectivity index (χ1v) is 7.48. The quantitative estimate of drug-likeness (QED) is 0.704. The summed E-state index contributed by atoms with van der Waals surface area (Å²) >= 11 is 1.19. The van der Waals surface area contributed by atoms with Crippen molar-refractivity contribution in [3.63, 3.8) is 0 Å². The van der Waals surface area contributed by atoms with Gasteiger partial charge in [-0.1, -0.05) is 24.3 Å². The summed E-state index contributed by atoms with van der Waals surface area (Å²) in [6.45, 7) is 3.75. The van der Waals surface area contributed by atoms with Crippen LogP contribution in [0.5, 0.6) is 11.5 Å². The molecule has 110 valence electrons. The Hall–Kier alpha value is -2.66. The third-order valence-corrected chi connectivity index (χ3v) is 4.24. The highest BCUT2D eigenvalue weighted by Gasteiger charge is 2.13. The maximum Gasteiger partial charge on any atom is 0.345 e. The van der Waals surface area contributed by atoms with Crippen molar-refractivity contribution in [2.45, 2.75) is 6.42 Å². The normalized spacial score (nSPS) is 10.5. The largest absolute Gasteiger partial charge is 0.477 e. The minimum atomic E-state index is -0.945. The van der Waals surface area contributed by atoms with Crippen LogP contribution in [0.2, 0.25) is 0 Å². The Kier molecular flexibility index (Phi) is 3.89. The second kappa shape index (κ2) is 5.99. The van der Waals surface area contributed by atoms with Gasteiger partial charge in [-0.15, -0.1) is 17.9 Å². The maximum atomic E-state index is 11.1. The number of aromatic nitrogens is 1. The Labute approximate surface area is 131 Å². The number of carbonyl (C=O) groups is 1. The number of carboxylic acid groups (broad SMARTS) is 1. The average molecular weight is 311 g/mol. The summed E-state index contributed by atoms with van der Waals surface area (Å²) in [6.07, 6.45) is 5.76. The summed E-state index contributed by atoms with van der Waals surface area (Å²) in [7, 11) is 0. The monoisotopic (exact) mass is 311 g/mol. The van der Waals surface area contributed by atoms with Gasteiger partial charge in [0, 0.05) is 11.6 Å². The number of aromatic carboxylic acids is 1. The smallest absolute Gasteiger partial charge is 0.345 e. The number of allylic oxidation sites excluding steroid dienone is 1. The van der Waals surface area contributed by atoms with Gasteiger partial charge < -0.3 is 9.84 Å². The Morgan fingerprint density at radius 3 is 2.91 bits per heavy atom. The molecule has 0 fully saturated rings. The molecule has 0 radical (unpaired) electrons. The standard InChI is InChI=1S/C17H13NO3S/c1-2-5-11-6-3-4-7-13(11)21-14-9-18-10-16-12(14)8-15(22-16)17(19)20/h2-4,6-10H,1,5H2,(H,19,20). The molecule has 3 rings (SSSR count). The highest BCUT2D eigenvalue weighted by atomic mass is 32.1. The van der Waals surface area contributed by atoms with Gasteiger partial charge in [0.05, 0.1) is 10.9 Å². The van der Waals surface area contributed by atoms with Crippen LogP contribution in [0, 0.1) is 0 Å². The number of hydrogen-bond donors (Lipinski definition) is 1. The number of benzene rings is 1. The van der Waals surface area contributed by atoms with Crippen LogP contribution in [0.1, 0.15) is 15.2 Å². The fourth-order valence-electron chi connectivity index (χ4n) is 2.17. The minimum Gasteiger partial charge on any atom is -0.477 e. The third-order valence-electron chi connectivity index (χ3n) is 3.18. The number of carboxylic acids is 1. The summed E-state index contributed by atoms with van der Waals surface area (Å²) in [5, 5.41) is 9.87. The predicted molar refractivity (Wildman–Crippen MR) is 87.0 cm³/mol. The van der Waals surface area contributed by atoms with Crippen molar-refractivity contribution in [1.29, 1.82) is 0 Å². The van der Waals surface area contributed by atoms with Gasteiger partial charge in [-0.05, 0) is 24.1 Å². The van der Waals surface area contributed by atoms with Crippen molar-refractivity contribution in [3.8, 4) is 11.5 Å². The van der Waals surface area contributed by atoms with Crippen molar-refractivity contribution in [2.75, 3.05) is 0 Å². The Bertz CT molecular complexity index is 854. The van der Waals surface area contributed by atoms with Crippen LogP contribution in [0.4, 0.5) is 0 Å². The van der Waals surface area contributed by atoms with Crippen LogP contribution in [0.3, 0.4) is 0 Å². The second-order valence-corrected chi connectivity index (χ2v) is 5.75.